The fourth-order valence-electron chi connectivity index (χ4n) is 1.26. The number of phenolic OH excluding ortho intramolecular Hbond substituents is 1. The van der Waals surface area contributed by atoms with Crippen LogP contribution in [0.3, 0.4) is 0 Å². The van der Waals surface area contributed by atoms with Gasteiger partial charge >= 0.3 is 0 Å². The van der Waals surface area contributed by atoms with Crippen LogP contribution in [0.5, 0.6) is 11.5 Å². The van der Waals surface area contributed by atoms with Gasteiger partial charge in [0, 0.05) is 6.61 Å². The third-order valence-electron chi connectivity index (χ3n) is 2.07. The van der Waals surface area contributed by atoms with Crippen molar-refractivity contribution < 1.29 is 19.3 Å². The number of ether oxygens (including phenoxy) is 3. The molecule has 0 spiro atoms. The SMILES string of the molecule is CCCOCCOCCOc1ccccc1O. The second-order valence-electron chi connectivity index (χ2n) is 3.54. The lowest BCUT2D eigenvalue weighted by atomic mass is 10.3. The highest BCUT2D eigenvalue weighted by atomic mass is 16.5. The standard InChI is InChI=1S/C13H20O4/c1-2-7-15-8-9-16-10-11-17-13-6-4-3-5-12(13)14/h3-6,14H,2,7-11H2,1H3. The molecule has 0 aliphatic rings. The first-order valence-corrected chi connectivity index (χ1v) is 5.91. The van der Waals surface area contributed by atoms with Crippen molar-refractivity contribution in [2.24, 2.45) is 0 Å². The maximum Gasteiger partial charge on any atom is 0.161 e. The van der Waals surface area contributed by atoms with Crippen LogP contribution < -0.4 is 4.74 Å². The Balaban J connectivity index is 1.99. The number of rotatable bonds is 9. The Kier molecular flexibility index (Phi) is 7.18. The predicted octanol–water partition coefficient (Wildman–Crippen LogP) is 2.21. The van der Waals surface area contributed by atoms with Gasteiger partial charge in [0.05, 0.1) is 19.8 Å². The van der Waals surface area contributed by atoms with Crippen molar-refractivity contribution in [3.63, 3.8) is 0 Å². The van der Waals surface area contributed by atoms with Gasteiger partial charge in [-0.05, 0) is 18.6 Å². The molecule has 1 rings (SSSR count). The molecule has 17 heavy (non-hydrogen) atoms. The highest BCUT2D eigenvalue weighted by Gasteiger charge is 1.99. The summed E-state index contributed by atoms with van der Waals surface area (Å²) in [4.78, 5) is 0. The summed E-state index contributed by atoms with van der Waals surface area (Å²) in [5, 5.41) is 9.42. The monoisotopic (exact) mass is 240 g/mol. The molecule has 0 heterocycles. The van der Waals surface area contributed by atoms with Gasteiger partial charge in [0.2, 0.25) is 0 Å². The van der Waals surface area contributed by atoms with Gasteiger partial charge in [-0.25, -0.2) is 0 Å². The second kappa shape index (κ2) is 8.84. The summed E-state index contributed by atoms with van der Waals surface area (Å²) in [6.45, 7) is 4.95. The lowest BCUT2D eigenvalue weighted by molar-refractivity contribution is 0.0363. The predicted molar refractivity (Wildman–Crippen MR) is 65.5 cm³/mol. The molecule has 0 radical (unpaired) electrons. The first kappa shape index (κ1) is 13.8. The second-order valence-corrected chi connectivity index (χ2v) is 3.54. The quantitative estimate of drug-likeness (QED) is 0.672. The van der Waals surface area contributed by atoms with Crippen molar-refractivity contribution in [2.45, 2.75) is 13.3 Å². The van der Waals surface area contributed by atoms with E-state index in [1.165, 1.54) is 0 Å². The zero-order valence-electron chi connectivity index (χ0n) is 10.2. The number of aromatic hydroxyl groups is 1. The summed E-state index contributed by atoms with van der Waals surface area (Å²) in [6, 6.07) is 6.88. The highest BCUT2D eigenvalue weighted by Crippen LogP contribution is 2.23. The van der Waals surface area contributed by atoms with Crippen molar-refractivity contribution in [1.29, 1.82) is 0 Å². The van der Waals surface area contributed by atoms with Crippen LogP contribution >= 0.6 is 0 Å². The van der Waals surface area contributed by atoms with Gasteiger partial charge in [0.25, 0.3) is 0 Å². The number of benzene rings is 1. The lowest BCUT2D eigenvalue weighted by Gasteiger charge is -2.08. The first-order valence-electron chi connectivity index (χ1n) is 5.91. The van der Waals surface area contributed by atoms with Crippen molar-refractivity contribution in [3.05, 3.63) is 24.3 Å². The van der Waals surface area contributed by atoms with E-state index < -0.39 is 0 Å². The Bertz CT molecular complexity index is 301. The lowest BCUT2D eigenvalue weighted by Crippen LogP contribution is -2.11. The van der Waals surface area contributed by atoms with Crippen LogP contribution in [0.25, 0.3) is 0 Å². The molecule has 4 nitrogen and oxygen atoms in total. The van der Waals surface area contributed by atoms with Crippen LogP contribution in [0, 0.1) is 0 Å². The Morgan fingerprint density at radius 3 is 2.29 bits per heavy atom. The molecule has 96 valence electrons. The largest absolute Gasteiger partial charge is 0.504 e. The average molecular weight is 240 g/mol. The van der Waals surface area contributed by atoms with Gasteiger partial charge in [-0.15, -0.1) is 0 Å². The van der Waals surface area contributed by atoms with Gasteiger partial charge < -0.3 is 19.3 Å². The molecule has 0 fully saturated rings. The van der Waals surface area contributed by atoms with E-state index in [9.17, 15) is 5.11 Å². The minimum Gasteiger partial charge on any atom is -0.504 e. The van der Waals surface area contributed by atoms with E-state index in [2.05, 4.69) is 6.92 Å². The minimum atomic E-state index is 0.152. The molecule has 0 atom stereocenters. The maximum absolute atomic E-state index is 9.42. The summed E-state index contributed by atoms with van der Waals surface area (Å²) in [6.07, 6.45) is 1.02. The fraction of sp³-hybridized carbons (Fsp3) is 0.538. The fourth-order valence-corrected chi connectivity index (χ4v) is 1.26. The molecule has 0 aromatic heterocycles. The number of phenols is 1. The van der Waals surface area contributed by atoms with Gasteiger partial charge in [-0.2, -0.15) is 0 Å². The van der Waals surface area contributed by atoms with Gasteiger partial charge in [-0.1, -0.05) is 19.1 Å². The van der Waals surface area contributed by atoms with E-state index >= 15 is 0 Å². The van der Waals surface area contributed by atoms with Gasteiger partial charge in [-0.3, -0.25) is 0 Å². The van der Waals surface area contributed by atoms with E-state index in [-0.39, 0.29) is 5.75 Å². The summed E-state index contributed by atoms with van der Waals surface area (Å²) < 4.78 is 15.9. The van der Waals surface area contributed by atoms with E-state index in [0.717, 1.165) is 13.0 Å². The number of para-hydroxylation sites is 2. The average Bonchev–Trinajstić information content (AvgIpc) is 2.35. The molecule has 1 aromatic carbocycles. The maximum atomic E-state index is 9.42. The van der Waals surface area contributed by atoms with Crippen LogP contribution in [0.4, 0.5) is 0 Å². The van der Waals surface area contributed by atoms with E-state index in [1.807, 2.05) is 6.07 Å². The van der Waals surface area contributed by atoms with E-state index in [0.29, 0.717) is 32.2 Å². The Hall–Kier alpha value is -1.26. The molecule has 0 saturated carbocycles. The third kappa shape index (κ3) is 6.14. The summed E-state index contributed by atoms with van der Waals surface area (Å²) in [5.41, 5.74) is 0. The van der Waals surface area contributed by atoms with Crippen molar-refractivity contribution >= 4 is 0 Å². The van der Waals surface area contributed by atoms with E-state index in [1.54, 1.807) is 18.2 Å². The topological polar surface area (TPSA) is 47.9 Å². The van der Waals surface area contributed by atoms with Gasteiger partial charge in [0.1, 0.15) is 6.61 Å². The molecule has 1 aromatic rings. The first-order chi connectivity index (χ1) is 8.34. The van der Waals surface area contributed by atoms with Crippen molar-refractivity contribution in [1.82, 2.24) is 0 Å². The van der Waals surface area contributed by atoms with Crippen LogP contribution in [-0.4, -0.2) is 38.1 Å². The smallest absolute Gasteiger partial charge is 0.161 e. The van der Waals surface area contributed by atoms with Crippen LogP contribution in [-0.2, 0) is 9.47 Å². The number of hydrogen-bond donors (Lipinski definition) is 1. The zero-order valence-corrected chi connectivity index (χ0v) is 10.2. The zero-order chi connectivity index (χ0) is 12.3. The van der Waals surface area contributed by atoms with Crippen molar-refractivity contribution in [2.75, 3.05) is 33.0 Å². The summed E-state index contributed by atoms with van der Waals surface area (Å²) >= 11 is 0. The molecular formula is C13H20O4. The molecule has 1 N–H and O–H groups in total. The molecule has 0 bridgehead atoms. The number of hydrogen-bond acceptors (Lipinski definition) is 4. The summed E-state index contributed by atoms with van der Waals surface area (Å²) in [7, 11) is 0. The normalized spacial score (nSPS) is 10.4. The third-order valence-corrected chi connectivity index (χ3v) is 2.07. The molecule has 0 aliphatic heterocycles. The highest BCUT2D eigenvalue weighted by molar-refractivity contribution is 5.37. The van der Waals surface area contributed by atoms with E-state index in [4.69, 9.17) is 14.2 Å². The Morgan fingerprint density at radius 2 is 1.59 bits per heavy atom. The van der Waals surface area contributed by atoms with Gasteiger partial charge in [0.15, 0.2) is 11.5 Å². The molecular weight excluding hydrogens is 220 g/mol. The summed E-state index contributed by atoms with van der Waals surface area (Å²) in [5.74, 6) is 0.636. The van der Waals surface area contributed by atoms with Crippen molar-refractivity contribution in [3.8, 4) is 11.5 Å². The molecule has 4 heteroatoms. The molecule has 0 aliphatic carbocycles. The van der Waals surface area contributed by atoms with Crippen LogP contribution in [0.1, 0.15) is 13.3 Å². The van der Waals surface area contributed by atoms with Crippen LogP contribution in [0.15, 0.2) is 24.3 Å². The molecule has 0 saturated heterocycles. The Morgan fingerprint density at radius 1 is 0.941 bits per heavy atom. The minimum absolute atomic E-state index is 0.152. The van der Waals surface area contributed by atoms with Crippen LogP contribution in [0.2, 0.25) is 0 Å². The molecule has 0 unspecified atom stereocenters. The Labute approximate surface area is 102 Å². The molecule has 0 amide bonds.